The van der Waals surface area contributed by atoms with Crippen LogP contribution in [0.5, 0.6) is 0 Å². The van der Waals surface area contributed by atoms with Crippen molar-refractivity contribution in [2.24, 2.45) is 15.9 Å². The van der Waals surface area contributed by atoms with Gasteiger partial charge in [-0.2, -0.15) is 62.9 Å². The lowest BCUT2D eigenvalue weighted by atomic mass is 9.82. The molecule has 1 atom stereocenters. The Hall–Kier alpha value is -3.14. The fraction of sp³-hybridized carbons (Fsp3) is 0.733. The summed E-state index contributed by atoms with van der Waals surface area (Å²) in [5.41, 5.74) is -11.6. The number of amides is 1. The summed E-state index contributed by atoms with van der Waals surface area (Å²) in [5.74, 6) is -6.92. The van der Waals surface area contributed by atoms with Crippen molar-refractivity contribution in [1.29, 1.82) is 5.26 Å². The van der Waals surface area contributed by atoms with E-state index in [9.17, 15) is 57.5 Å². The molecular weight excluding hydrogens is 528 g/mol. The Morgan fingerprint density at radius 3 is 1.80 bits per heavy atom. The summed E-state index contributed by atoms with van der Waals surface area (Å²) in [5, 5.41) is 9.40. The maximum atomic E-state index is 13.8. The quantitative estimate of drug-likeness (QED) is 0.522. The Kier molecular flexibility index (Phi) is 8.10. The molecule has 1 rings (SSSR count). The molecule has 0 fully saturated rings. The molecule has 1 heterocycles. The number of hydrogen-bond donors (Lipinski definition) is 1. The normalized spacial score (nSPS) is 17.9. The third-order valence-corrected chi connectivity index (χ3v) is 4.05. The molecule has 1 aliphatic heterocycles. The molecule has 1 unspecified atom stereocenters. The topological polar surface area (TPSA) is 105 Å². The number of ether oxygens (including phenoxy) is 3. The van der Waals surface area contributed by atoms with Crippen LogP contribution in [0.1, 0.15) is 13.8 Å². The minimum absolute atomic E-state index is 0.265. The van der Waals surface area contributed by atoms with Crippen LogP contribution >= 0.6 is 0 Å². The van der Waals surface area contributed by atoms with E-state index in [1.54, 1.807) is 0 Å². The van der Waals surface area contributed by atoms with Crippen LogP contribution in [0.3, 0.4) is 0 Å². The van der Waals surface area contributed by atoms with E-state index in [-0.39, 0.29) is 11.4 Å². The number of alkyl carbamates (subject to hydrolysis) is 1. The summed E-state index contributed by atoms with van der Waals surface area (Å²) in [4.78, 5) is 15.5. The smallest absolute Gasteiger partial charge is 0.443 e. The van der Waals surface area contributed by atoms with Crippen molar-refractivity contribution in [1.82, 2.24) is 5.32 Å². The number of alkyl halides is 12. The highest BCUT2D eigenvalue weighted by Crippen LogP contribution is 2.52. The molecule has 0 aliphatic carbocycles. The largest absolute Gasteiger partial charge is 0.451 e. The van der Waals surface area contributed by atoms with E-state index in [4.69, 9.17) is 5.26 Å². The Morgan fingerprint density at radius 1 is 0.971 bits per heavy atom. The average Bonchev–Trinajstić information content (AvgIpc) is 2.64. The van der Waals surface area contributed by atoms with Gasteiger partial charge in [0.2, 0.25) is 5.90 Å². The van der Waals surface area contributed by atoms with E-state index in [0.717, 1.165) is 13.8 Å². The summed E-state index contributed by atoms with van der Waals surface area (Å²) in [6, 6.07) is 0.265. The second-order valence-corrected chi connectivity index (χ2v) is 6.24. The van der Waals surface area contributed by atoms with Crippen LogP contribution in [0.4, 0.5) is 57.5 Å². The summed E-state index contributed by atoms with van der Waals surface area (Å²) in [6.45, 7) is 0.211. The molecule has 0 bridgehead atoms. The molecule has 1 aliphatic rings. The number of nitriles is 1. The molecule has 0 aromatic carbocycles. The van der Waals surface area contributed by atoms with Crippen molar-refractivity contribution in [3.63, 3.8) is 0 Å². The Labute approximate surface area is 186 Å². The van der Waals surface area contributed by atoms with E-state index >= 15 is 0 Å². The van der Waals surface area contributed by atoms with Gasteiger partial charge in [-0.3, -0.25) is 5.32 Å². The molecule has 20 heteroatoms. The molecule has 0 saturated carbocycles. The molecular formula is C15H12F12N4O4. The Balaban J connectivity index is 4.08. The van der Waals surface area contributed by atoms with Gasteiger partial charge < -0.3 is 14.2 Å². The number of carbonyl (C=O) groups excluding carboxylic acids is 1. The predicted octanol–water partition coefficient (Wildman–Crippen LogP) is 4.38. The first-order chi connectivity index (χ1) is 15.6. The van der Waals surface area contributed by atoms with Gasteiger partial charge in [0, 0.05) is 0 Å². The van der Waals surface area contributed by atoms with Gasteiger partial charge in [-0.1, -0.05) is 0 Å². The molecule has 200 valence electrons. The zero-order valence-electron chi connectivity index (χ0n) is 17.0. The number of rotatable bonds is 5. The fourth-order valence-electron chi connectivity index (χ4n) is 2.54. The highest BCUT2D eigenvalue weighted by atomic mass is 19.4. The minimum atomic E-state index is -6.79. The van der Waals surface area contributed by atoms with E-state index in [1.807, 2.05) is 4.99 Å². The number of nitrogens with one attached hydrogen (secondary N) is 1. The van der Waals surface area contributed by atoms with Crippen LogP contribution in [0.2, 0.25) is 0 Å². The van der Waals surface area contributed by atoms with Crippen molar-refractivity contribution >= 4 is 18.1 Å². The molecule has 1 N–H and O–H groups in total. The number of carbonyl (C=O) groups is 1. The Morgan fingerprint density at radius 2 is 1.46 bits per heavy atom. The maximum absolute atomic E-state index is 13.8. The van der Waals surface area contributed by atoms with Crippen molar-refractivity contribution < 1.29 is 71.7 Å². The molecule has 0 aromatic rings. The highest BCUT2D eigenvalue weighted by Gasteiger charge is 2.79. The third-order valence-electron chi connectivity index (χ3n) is 4.05. The molecule has 0 aromatic heterocycles. The number of aliphatic imine (C=N–C) groups is 2. The first kappa shape index (κ1) is 29.9. The highest BCUT2D eigenvalue weighted by molar-refractivity contribution is 5.94. The molecule has 1 amide bonds. The van der Waals surface area contributed by atoms with Crippen molar-refractivity contribution in [2.75, 3.05) is 13.2 Å². The molecule has 35 heavy (non-hydrogen) atoms. The summed E-state index contributed by atoms with van der Waals surface area (Å²) in [7, 11) is 0. The lowest BCUT2D eigenvalue weighted by molar-refractivity contribution is -0.311. The zero-order valence-corrected chi connectivity index (χ0v) is 17.0. The minimum Gasteiger partial charge on any atom is -0.451 e. The van der Waals surface area contributed by atoms with E-state index in [0.29, 0.717) is 0 Å². The van der Waals surface area contributed by atoms with Gasteiger partial charge in [-0.05, 0) is 13.8 Å². The van der Waals surface area contributed by atoms with Crippen LogP contribution < -0.4 is 5.32 Å². The van der Waals surface area contributed by atoms with Gasteiger partial charge in [0.25, 0.3) is 5.54 Å². The SMILES string of the molecule is CCOC(=O)NC(C(C#N)C1=NC(C(F)(F)F)(C(F)(F)F)N=C(OCC)O1)(C(F)(F)F)C(F)(F)F. The van der Waals surface area contributed by atoms with Crippen molar-refractivity contribution in [3.05, 3.63) is 0 Å². The van der Waals surface area contributed by atoms with Gasteiger partial charge in [0.05, 0.1) is 19.3 Å². The first-order valence-corrected chi connectivity index (χ1v) is 8.76. The molecule has 0 spiro atoms. The second kappa shape index (κ2) is 9.49. The van der Waals surface area contributed by atoms with Gasteiger partial charge in [-0.15, -0.1) is 0 Å². The molecule has 0 saturated heterocycles. The zero-order chi connectivity index (χ0) is 27.7. The van der Waals surface area contributed by atoms with Gasteiger partial charge in [0.15, 0.2) is 5.92 Å². The third kappa shape index (κ3) is 5.27. The standard InChI is InChI=1S/C15H12F12N4O4/c1-3-33-8(32)30-10(12(16,17)18,13(19,20)21)6(5-28)7-29-11(14(22,23)24,15(25,26)27)31-9(35-7)34-4-2/h6H,3-4H2,1-2H3,(H,30,32). The summed E-state index contributed by atoms with van der Waals surface area (Å²) >= 11 is 0. The fourth-order valence-corrected chi connectivity index (χ4v) is 2.54. The lowest BCUT2D eigenvalue weighted by Gasteiger charge is -2.41. The summed E-state index contributed by atoms with van der Waals surface area (Å²) in [6.07, 6.45) is -31.4. The van der Waals surface area contributed by atoms with E-state index in [2.05, 4.69) is 19.2 Å². The summed E-state index contributed by atoms with van der Waals surface area (Å²) < 4.78 is 176. The van der Waals surface area contributed by atoms with Crippen LogP contribution in [-0.2, 0) is 14.2 Å². The van der Waals surface area contributed by atoms with Crippen LogP contribution in [0, 0.1) is 17.2 Å². The van der Waals surface area contributed by atoms with Crippen LogP contribution in [0.15, 0.2) is 9.98 Å². The van der Waals surface area contributed by atoms with Gasteiger partial charge in [0.1, 0.15) is 0 Å². The monoisotopic (exact) mass is 540 g/mol. The first-order valence-electron chi connectivity index (χ1n) is 8.76. The predicted molar refractivity (Wildman–Crippen MR) is 86.5 cm³/mol. The number of hydrogen-bond acceptors (Lipinski definition) is 7. The molecule has 8 nitrogen and oxygen atoms in total. The van der Waals surface area contributed by atoms with E-state index < -0.39 is 73.1 Å². The number of halogens is 12. The maximum Gasteiger partial charge on any atom is 0.443 e. The molecule has 0 radical (unpaired) electrons. The van der Waals surface area contributed by atoms with Crippen LogP contribution in [-0.4, -0.2) is 67.2 Å². The van der Waals surface area contributed by atoms with Gasteiger partial charge in [-0.25, -0.2) is 9.79 Å². The van der Waals surface area contributed by atoms with Gasteiger partial charge >= 0.3 is 42.5 Å². The second-order valence-electron chi connectivity index (χ2n) is 6.24. The van der Waals surface area contributed by atoms with Crippen molar-refractivity contribution in [2.45, 2.75) is 49.8 Å². The Bertz CT molecular complexity index is 870. The number of nitrogens with zero attached hydrogens (tertiary/aromatic N) is 3. The van der Waals surface area contributed by atoms with E-state index in [1.165, 1.54) is 0 Å². The van der Waals surface area contributed by atoms with Crippen LogP contribution in [0.25, 0.3) is 0 Å². The average molecular weight is 540 g/mol. The lowest BCUT2D eigenvalue weighted by Crippen LogP contribution is -2.73. The van der Waals surface area contributed by atoms with Crippen molar-refractivity contribution in [3.8, 4) is 6.07 Å².